The molecule has 0 saturated heterocycles. The molecule has 1 amide bonds. The van der Waals surface area contributed by atoms with E-state index in [0.717, 1.165) is 19.3 Å². The Balaban J connectivity index is 1.75. The van der Waals surface area contributed by atoms with E-state index in [2.05, 4.69) is 5.32 Å². The predicted molar refractivity (Wildman–Crippen MR) is 63.8 cm³/mol. The third kappa shape index (κ3) is 3.46. The minimum atomic E-state index is -0.430. The number of carbonyl (C=O) groups is 1. The fourth-order valence-corrected chi connectivity index (χ4v) is 1.82. The first-order chi connectivity index (χ1) is 8.24. The highest BCUT2D eigenvalue weighted by atomic mass is 16.6. The summed E-state index contributed by atoms with van der Waals surface area (Å²) in [5, 5.41) is 11.6. The van der Waals surface area contributed by atoms with Crippen molar-refractivity contribution in [3.05, 3.63) is 30.3 Å². The van der Waals surface area contributed by atoms with Crippen LogP contribution in [-0.4, -0.2) is 24.4 Å². The van der Waals surface area contributed by atoms with Gasteiger partial charge in [-0.2, -0.15) is 0 Å². The van der Waals surface area contributed by atoms with E-state index in [1.165, 1.54) is 0 Å². The van der Waals surface area contributed by atoms with Crippen molar-refractivity contribution in [3.63, 3.8) is 0 Å². The lowest BCUT2D eigenvalue weighted by atomic mass is 10.0. The maximum absolute atomic E-state index is 11.5. The summed E-state index contributed by atoms with van der Waals surface area (Å²) in [4.78, 5) is 11.5. The number of rotatable bonds is 5. The van der Waals surface area contributed by atoms with Crippen LogP contribution in [0, 0.1) is 5.41 Å². The van der Waals surface area contributed by atoms with Gasteiger partial charge in [-0.25, -0.2) is 4.79 Å². The number of ether oxygens (including phenoxy) is 1. The Morgan fingerprint density at radius 2 is 2.06 bits per heavy atom. The van der Waals surface area contributed by atoms with Crippen LogP contribution in [0.25, 0.3) is 0 Å². The molecule has 1 aliphatic rings. The SMILES string of the molecule is O=C(NCC1(CCO)CC1)Oc1ccccc1. The largest absolute Gasteiger partial charge is 0.412 e. The summed E-state index contributed by atoms with van der Waals surface area (Å²) >= 11 is 0. The molecular formula is C13H17NO3. The molecular weight excluding hydrogens is 218 g/mol. The number of carbonyl (C=O) groups excluding carboxylic acids is 1. The van der Waals surface area contributed by atoms with Gasteiger partial charge >= 0.3 is 6.09 Å². The van der Waals surface area contributed by atoms with E-state index in [1.807, 2.05) is 18.2 Å². The van der Waals surface area contributed by atoms with Gasteiger partial charge in [0.1, 0.15) is 5.75 Å². The zero-order valence-corrected chi connectivity index (χ0v) is 9.69. The molecule has 1 aromatic rings. The van der Waals surface area contributed by atoms with Crippen LogP contribution in [0.15, 0.2) is 30.3 Å². The van der Waals surface area contributed by atoms with E-state index in [9.17, 15) is 4.79 Å². The molecule has 1 fully saturated rings. The molecule has 0 aromatic heterocycles. The molecule has 4 nitrogen and oxygen atoms in total. The first kappa shape index (κ1) is 11.9. The lowest BCUT2D eigenvalue weighted by molar-refractivity contribution is 0.193. The van der Waals surface area contributed by atoms with Gasteiger partial charge in [0.05, 0.1) is 0 Å². The summed E-state index contributed by atoms with van der Waals surface area (Å²) in [6.45, 7) is 0.759. The zero-order valence-electron chi connectivity index (χ0n) is 9.69. The Bertz CT molecular complexity index is 374. The van der Waals surface area contributed by atoms with Gasteiger partial charge in [0.15, 0.2) is 0 Å². The van der Waals surface area contributed by atoms with Crippen LogP contribution in [-0.2, 0) is 0 Å². The smallest absolute Gasteiger partial charge is 0.410 e. The lowest BCUT2D eigenvalue weighted by Crippen LogP contribution is -2.32. The molecule has 1 aliphatic carbocycles. The fraction of sp³-hybridized carbons (Fsp3) is 0.462. The molecule has 17 heavy (non-hydrogen) atoms. The maximum Gasteiger partial charge on any atom is 0.412 e. The summed E-state index contributed by atoms with van der Waals surface area (Å²) in [6.07, 6.45) is 2.46. The third-order valence-electron chi connectivity index (χ3n) is 3.16. The average Bonchev–Trinajstić information content (AvgIpc) is 3.09. The molecule has 92 valence electrons. The van der Waals surface area contributed by atoms with Gasteiger partial charge in [-0.1, -0.05) is 18.2 Å². The summed E-state index contributed by atoms with van der Waals surface area (Å²) in [5.41, 5.74) is 0.116. The lowest BCUT2D eigenvalue weighted by Gasteiger charge is -2.14. The number of hydrogen-bond donors (Lipinski definition) is 2. The van der Waals surface area contributed by atoms with Gasteiger partial charge in [0, 0.05) is 13.2 Å². The van der Waals surface area contributed by atoms with E-state index in [4.69, 9.17) is 9.84 Å². The van der Waals surface area contributed by atoms with Gasteiger partial charge in [0.25, 0.3) is 0 Å². The molecule has 4 heteroatoms. The van der Waals surface area contributed by atoms with Crippen LogP contribution in [0.3, 0.4) is 0 Å². The second kappa shape index (κ2) is 5.19. The standard InChI is InChI=1S/C13H17NO3/c15-9-8-13(6-7-13)10-14-12(16)17-11-4-2-1-3-5-11/h1-5,15H,6-10H2,(H,14,16). The number of benzene rings is 1. The number of hydrogen-bond acceptors (Lipinski definition) is 3. The van der Waals surface area contributed by atoms with E-state index >= 15 is 0 Å². The monoisotopic (exact) mass is 235 g/mol. The molecule has 0 heterocycles. The minimum absolute atomic E-state index is 0.116. The molecule has 0 unspecified atom stereocenters. The molecule has 0 atom stereocenters. The van der Waals surface area contributed by atoms with Gasteiger partial charge in [-0.15, -0.1) is 0 Å². The van der Waals surface area contributed by atoms with Crippen molar-refractivity contribution in [3.8, 4) is 5.75 Å². The molecule has 1 aromatic carbocycles. The van der Waals surface area contributed by atoms with Gasteiger partial charge in [-0.05, 0) is 36.8 Å². The molecule has 0 spiro atoms. The van der Waals surface area contributed by atoms with Crippen LogP contribution >= 0.6 is 0 Å². The number of amides is 1. The number of para-hydroxylation sites is 1. The quantitative estimate of drug-likeness (QED) is 0.820. The van der Waals surface area contributed by atoms with Crippen molar-refractivity contribution in [2.75, 3.05) is 13.2 Å². The van der Waals surface area contributed by atoms with Crippen LogP contribution in [0.1, 0.15) is 19.3 Å². The van der Waals surface area contributed by atoms with Gasteiger partial charge < -0.3 is 15.2 Å². The average molecular weight is 235 g/mol. The number of aliphatic hydroxyl groups is 1. The maximum atomic E-state index is 11.5. The zero-order chi connectivity index (χ0) is 12.1. The van der Waals surface area contributed by atoms with Crippen LogP contribution in [0.4, 0.5) is 4.79 Å². The van der Waals surface area contributed by atoms with Crippen LogP contribution in [0.5, 0.6) is 5.75 Å². The number of nitrogens with one attached hydrogen (secondary N) is 1. The minimum Gasteiger partial charge on any atom is -0.410 e. The third-order valence-corrected chi connectivity index (χ3v) is 3.16. The van der Waals surface area contributed by atoms with Crippen molar-refractivity contribution < 1.29 is 14.6 Å². The van der Waals surface area contributed by atoms with E-state index in [-0.39, 0.29) is 12.0 Å². The highest BCUT2D eigenvalue weighted by Crippen LogP contribution is 2.47. The summed E-state index contributed by atoms with van der Waals surface area (Å²) in [6, 6.07) is 8.97. The van der Waals surface area contributed by atoms with E-state index in [0.29, 0.717) is 12.3 Å². The second-order valence-corrected chi connectivity index (χ2v) is 4.53. The Morgan fingerprint density at radius 1 is 1.35 bits per heavy atom. The van der Waals surface area contributed by atoms with Gasteiger partial charge in [0.2, 0.25) is 0 Å². The van der Waals surface area contributed by atoms with Crippen molar-refractivity contribution in [1.82, 2.24) is 5.32 Å². The van der Waals surface area contributed by atoms with Crippen LogP contribution in [0.2, 0.25) is 0 Å². The Morgan fingerprint density at radius 3 is 2.65 bits per heavy atom. The molecule has 1 saturated carbocycles. The topological polar surface area (TPSA) is 58.6 Å². The fourth-order valence-electron chi connectivity index (χ4n) is 1.82. The molecule has 0 radical (unpaired) electrons. The Labute approximate surface area is 101 Å². The van der Waals surface area contributed by atoms with Crippen molar-refractivity contribution in [1.29, 1.82) is 0 Å². The molecule has 2 rings (SSSR count). The van der Waals surface area contributed by atoms with E-state index in [1.54, 1.807) is 12.1 Å². The Hall–Kier alpha value is -1.55. The second-order valence-electron chi connectivity index (χ2n) is 4.53. The highest BCUT2D eigenvalue weighted by Gasteiger charge is 2.42. The normalized spacial score (nSPS) is 16.3. The van der Waals surface area contributed by atoms with Crippen molar-refractivity contribution in [2.45, 2.75) is 19.3 Å². The van der Waals surface area contributed by atoms with Crippen LogP contribution < -0.4 is 10.1 Å². The molecule has 2 N–H and O–H groups in total. The predicted octanol–water partition coefficient (Wildman–Crippen LogP) is 1.94. The highest BCUT2D eigenvalue weighted by molar-refractivity contribution is 5.70. The first-order valence-corrected chi connectivity index (χ1v) is 5.86. The van der Waals surface area contributed by atoms with Gasteiger partial charge in [-0.3, -0.25) is 0 Å². The number of aliphatic hydroxyl groups excluding tert-OH is 1. The summed E-state index contributed by atoms with van der Waals surface area (Å²) in [7, 11) is 0. The summed E-state index contributed by atoms with van der Waals surface area (Å²) < 4.78 is 5.10. The first-order valence-electron chi connectivity index (χ1n) is 5.86. The Kier molecular flexibility index (Phi) is 3.64. The van der Waals surface area contributed by atoms with Crippen molar-refractivity contribution in [2.24, 2.45) is 5.41 Å². The van der Waals surface area contributed by atoms with E-state index < -0.39 is 6.09 Å². The molecule has 0 aliphatic heterocycles. The van der Waals surface area contributed by atoms with Crippen molar-refractivity contribution >= 4 is 6.09 Å². The molecule has 0 bridgehead atoms. The summed E-state index contributed by atoms with van der Waals surface area (Å²) in [5.74, 6) is 0.539.